The van der Waals surface area contributed by atoms with E-state index in [0.717, 1.165) is 24.5 Å². The highest BCUT2D eigenvalue weighted by Gasteiger charge is 2.20. The first-order chi connectivity index (χ1) is 9.28. The Labute approximate surface area is 111 Å². The van der Waals surface area contributed by atoms with E-state index in [0.29, 0.717) is 18.8 Å². The van der Waals surface area contributed by atoms with Crippen LogP contribution >= 0.6 is 0 Å². The zero-order chi connectivity index (χ0) is 13.2. The van der Waals surface area contributed by atoms with E-state index in [1.165, 1.54) is 0 Å². The minimum atomic E-state index is -0.180. The standard InChI is InChI=1S/C13H16FN5/c1-15-7-10-2-3-12(11(14)6-10)18-4-5-19-9-16-17-13(19)8-18/h2-3,6,9,15H,4-5,7-8H2,1H3. The molecule has 2 heterocycles. The first-order valence-corrected chi connectivity index (χ1v) is 6.32. The largest absolute Gasteiger partial charge is 0.360 e. The molecule has 0 fully saturated rings. The fourth-order valence-corrected chi connectivity index (χ4v) is 2.39. The van der Waals surface area contributed by atoms with Gasteiger partial charge in [-0.25, -0.2) is 4.39 Å². The van der Waals surface area contributed by atoms with Gasteiger partial charge in [-0.1, -0.05) is 6.07 Å². The van der Waals surface area contributed by atoms with Gasteiger partial charge < -0.3 is 14.8 Å². The Morgan fingerprint density at radius 2 is 2.26 bits per heavy atom. The normalized spacial score (nSPS) is 14.5. The van der Waals surface area contributed by atoms with Gasteiger partial charge >= 0.3 is 0 Å². The number of halogens is 1. The van der Waals surface area contributed by atoms with Crippen LogP contribution < -0.4 is 10.2 Å². The summed E-state index contributed by atoms with van der Waals surface area (Å²) >= 11 is 0. The van der Waals surface area contributed by atoms with Crippen molar-refractivity contribution < 1.29 is 4.39 Å². The van der Waals surface area contributed by atoms with Gasteiger partial charge in [0.05, 0.1) is 12.2 Å². The van der Waals surface area contributed by atoms with E-state index in [4.69, 9.17) is 0 Å². The molecule has 0 unspecified atom stereocenters. The number of rotatable bonds is 3. The van der Waals surface area contributed by atoms with Crippen molar-refractivity contribution in [1.82, 2.24) is 20.1 Å². The molecule has 1 aromatic heterocycles. The number of benzene rings is 1. The second-order valence-corrected chi connectivity index (χ2v) is 4.68. The van der Waals surface area contributed by atoms with Crippen LogP contribution in [0.1, 0.15) is 11.4 Å². The molecule has 100 valence electrons. The highest BCUT2D eigenvalue weighted by Crippen LogP contribution is 2.24. The molecule has 3 rings (SSSR count). The third kappa shape index (κ3) is 2.31. The van der Waals surface area contributed by atoms with E-state index in [2.05, 4.69) is 15.5 Å². The van der Waals surface area contributed by atoms with Gasteiger partial charge in [0.25, 0.3) is 0 Å². The van der Waals surface area contributed by atoms with Crippen LogP contribution in [-0.2, 0) is 19.6 Å². The summed E-state index contributed by atoms with van der Waals surface area (Å²) in [4.78, 5) is 2.00. The summed E-state index contributed by atoms with van der Waals surface area (Å²) in [6.45, 7) is 2.83. The molecule has 0 amide bonds. The van der Waals surface area contributed by atoms with E-state index in [1.807, 2.05) is 28.6 Å². The topological polar surface area (TPSA) is 46.0 Å². The molecular formula is C13H16FN5. The fourth-order valence-electron chi connectivity index (χ4n) is 2.39. The molecule has 0 saturated carbocycles. The van der Waals surface area contributed by atoms with Crippen LogP contribution in [0.25, 0.3) is 0 Å². The Morgan fingerprint density at radius 1 is 1.37 bits per heavy atom. The van der Waals surface area contributed by atoms with Gasteiger partial charge in [0.1, 0.15) is 12.1 Å². The first kappa shape index (κ1) is 12.1. The van der Waals surface area contributed by atoms with E-state index in [9.17, 15) is 4.39 Å². The van der Waals surface area contributed by atoms with Gasteiger partial charge in [0.2, 0.25) is 0 Å². The van der Waals surface area contributed by atoms with E-state index >= 15 is 0 Å². The lowest BCUT2D eigenvalue weighted by Crippen LogP contribution is -2.34. The molecule has 0 spiro atoms. The zero-order valence-electron chi connectivity index (χ0n) is 10.8. The van der Waals surface area contributed by atoms with Gasteiger partial charge in [-0.15, -0.1) is 10.2 Å². The minimum Gasteiger partial charge on any atom is -0.360 e. The summed E-state index contributed by atoms with van der Waals surface area (Å²) in [5, 5.41) is 10.9. The average Bonchev–Trinajstić information content (AvgIpc) is 2.86. The van der Waals surface area contributed by atoms with Crippen LogP contribution in [0, 0.1) is 5.82 Å². The third-order valence-electron chi connectivity index (χ3n) is 3.37. The highest BCUT2D eigenvalue weighted by atomic mass is 19.1. The van der Waals surface area contributed by atoms with Crippen LogP contribution in [0.2, 0.25) is 0 Å². The molecule has 1 N–H and O–H groups in total. The molecule has 1 aliphatic rings. The van der Waals surface area contributed by atoms with Crippen molar-refractivity contribution in [3.05, 3.63) is 41.7 Å². The van der Waals surface area contributed by atoms with Crippen molar-refractivity contribution in [2.24, 2.45) is 0 Å². The second kappa shape index (κ2) is 4.97. The summed E-state index contributed by atoms with van der Waals surface area (Å²) in [5.74, 6) is 0.700. The molecule has 0 atom stereocenters. The summed E-state index contributed by atoms with van der Waals surface area (Å²) in [6.07, 6.45) is 1.72. The highest BCUT2D eigenvalue weighted by molar-refractivity contribution is 5.49. The van der Waals surface area contributed by atoms with Crippen molar-refractivity contribution in [2.75, 3.05) is 18.5 Å². The van der Waals surface area contributed by atoms with Gasteiger partial charge in [0.15, 0.2) is 5.82 Å². The lowest BCUT2D eigenvalue weighted by atomic mass is 10.1. The Balaban J connectivity index is 1.83. The van der Waals surface area contributed by atoms with Crippen molar-refractivity contribution in [2.45, 2.75) is 19.6 Å². The summed E-state index contributed by atoms with van der Waals surface area (Å²) < 4.78 is 16.2. The van der Waals surface area contributed by atoms with Gasteiger partial charge in [-0.3, -0.25) is 0 Å². The summed E-state index contributed by atoms with van der Waals surface area (Å²) in [6, 6.07) is 5.38. The molecule has 0 saturated heterocycles. The second-order valence-electron chi connectivity index (χ2n) is 4.68. The molecule has 1 aromatic carbocycles. The van der Waals surface area contributed by atoms with Crippen molar-refractivity contribution in [1.29, 1.82) is 0 Å². The SMILES string of the molecule is CNCc1ccc(N2CCn3cnnc3C2)c(F)c1. The Bertz CT molecular complexity index is 580. The van der Waals surface area contributed by atoms with Crippen LogP contribution in [0.5, 0.6) is 0 Å². The monoisotopic (exact) mass is 261 g/mol. The van der Waals surface area contributed by atoms with Gasteiger partial charge in [-0.05, 0) is 24.7 Å². The van der Waals surface area contributed by atoms with Crippen LogP contribution in [0.4, 0.5) is 10.1 Å². The molecule has 19 heavy (non-hydrogen) atoms. The van der Waals surface area contributed by atoms with Crippen LogP contribution in [-0.4, -0.2) is 28.4 Å². The number of aromatic nitrogens is 3. The zero-order valence-corrected chi connectivity index (χ0v) is 10.8. The van der Waals surface area contributed by atoms with Gasteiger partial charge in [-0.2, -0.15) is 0 Å². The lowest BCUT2D eigenvalue weighted by molar-refractivity contribution is 0.543. The van der Waals surface area contributed by atoms with E-state index < -0.39 is 0 Å². The Hall–Kier alpha value is -1.95. The molecule has 0 radical (unpaired) electrons. The first-order valence-electron chi connectivity index (χ1n) is 6.32. The molecule has 0 aliphatic carbocycles. The number of hydrogen-bond acceptors (Lipinski definition) is 4. The quantitative estimate of drug-likeness (QED) is 0.900. The number of nitrogens with zero attached hydrogens (tertiary/aromatic N) is 4. The molecule has 2 aromatic rings. The predicted octanol–water partition coefficient (Wildman–Crippen LogP) is 1.16. The third-order valence-corrected chi connectivity index (χ3v) is 3.37. The van der Waals surface area contributed by atoms with Crippen LogP contribution in [0.15, 0.2) is 24.5 Å². The lowest BCUT2D eigenvalue weighted by Gasteiger charge is -2.29. The number of nitrogens with one attached hydrogen (secondary N) is 1. The van der Waals surface area contributed by atoms with Gasteiger partial charge in [0, 0.05) is 19.6 Å². The van der Waals surface area contributed by atoms with Crippen molar-refractivity contribution in [3.63, 3.8) is 0 Å². The fraction of sp³-hybridized carbons (Fsp3) is 0.385. The number of fused-ring (bicyclic) bond motifs is 1. The maximum atomic E-state index is 14.1. The molecule has 1 aliphatic heterocycles. The Kier molecular flexibility index (Phi) is 3.16. The molecular weight excluding hydrogens is 245 g/mol. The average molecular weight is 261 g/mol. The number of hydrogen-bond donors (Lipinski definition) is 1. The Morgan fingerprint density at radius 3 is 3.05 bits per heavy atom. The molecule has 5 nitrogen and oxygen atoms in total. The smallest absolute Gasteiger partial charge is 0.152 e. The number of anilines is 1. The summed E-state index contributed by atoms with van der Waals surface area (Å²) in [5.41, 5.74) is 1.58. The maximum Gasteiger partial charge on any atom is 0.152 e. The predicted molar refractivity (Wildman–Crippen MR) is 70.2 cm³/mol. The van der Waals surface area contributed by atoms with Crippen LogP contribution in [0.3, 0.4) is 0 Å². The summed E-state index contributed by atoms with van der Waals surface area (Å²) in [7, 11) is 1.85. The van der Waals surface area contributed by atoms with E-state index in [1.54, 1.807) is 12.4 Å². The minimum absolute atomic E-state index is 0.180. The molecule has 6 heteroatoms. The van der Waals surface area contributed by atoms with Crippen molar-refractivity contribution >= 4 is 5.69 Å². The van der Waals surface area contributed by atoms with Crippen molar-refractivity contribution in [3.8, 4) is 0 Å². The molecule has 0 bridgehead atoms. The maximum absolute atomic E-state index is 14.1. The van der Waals surface area contributed by atoms with E-state index in [-0.39, 0.29) is 5.82 Å².